The van der Waals surface area contributed by atoms with Gasteiger partial charge in [-0.3, -0.25) is 0 Å². The van der Waals surface area contributed by atoms with E-state index in [2.05, 4.69) is 20.6 Å². The standard InChI is InChI=1S/C10H14ClN5O2/c1-4-16-13-9(12-15-16)8-7(5-11)10(14-18-8)17-6(2)3/h6H,4-5H2,1-3H3/p+1. The number of halogens is 1. The molecule has 0 bridgehead atoms. The highest BCUT2D eigenvalue weighted by atomic mass is 35.5. The van der Waals surface area contributed by atoms with Crippen molar-refractivity contribution in [3.63, 3.8) is 0 Å². The predicted molar refractivity (Wildman–Crippen MR) is 63.1 cm³/mol. The van der Waals surface area contributed by atoms with Crippen LogP contribution < -0.4 is 9.53 Å². The minimum Gasteiger partial charge on any atom is -0.473 e. The Morgan fingerprint density at radius 1 is 1.50 bits per heavy atom. The van der Waals surface area contributed by atoms with Crippen LogP contribution in [0.25, 0.3) is 11.6 Å². The molecule has 2 aromatic rings. The third kappa shape index (κ3) is 2.45. The highest BCUT2D eigenvalue weighted by Gasteiger charge is 2.26. The van der Waals surface area contributed by atoms with E-state index in [1.165, 1.54) is 0 Å². The molecule has 0 fully saturated rings. The van der Waals surface area contributed by atoms with Crippen LogP contribution in [0.5, 0.6) is 5.88 Å². The summed E-state index contributed by atoms with van der Waals surface area (Å²) < 4.78 is 10.7. The van der Waals surface area contributed by atoms with Crippen LogP contribution in [-0.4, -0.2) is 26.7 Å². The van der Waals surface area contributed by atoms with Gasteiger partial charge in [0.25, 0.3) is 5.88 Å². The Labute approximate surface area is 109 Å². The maximum absolute atomic E-state index is 5.90. The number of aryl methyl sites for hydroxylation is 1. The van der Waals surface area contributed by atoms with Crippen LogP contribution in [0.4, 0.5) is 0 Å². The van der Waals surface area contributed by atoms with Crippen LogP contribution in [0.15, 0.2) is 4.52 Å². The summed E-state index contributed by atoms with van der Waals surface area (Å²) in [6.45, 7) is 6.45. The lowest BCUT2D eigenvalue weighted by atomic mass is 10.2. The number of ether oxygens (including phenoxy) is 1. The molecule has 0 unspecified atom stereocenters. The Balaban J connectivity index is 2.35. The second-order valence-corrected chi connectivity index (χ2v) is 4.21. The van der Waals surface area contributed by atoms with Crippen LogP contribution in [0.1, 0.15) is 26.3 Å². The van der Waals surface area contributed by atoms with Crippen molar-refractivity contribution in [1.29, 1.82) is 0 Å². The van der Waals surface area contributed by atoms with Gasteiger partial charge < -0.3 is 9.26 Å². The Bertz CT molecular complexity index is 522. The molecule has 2 aromatic heterocycles. The number of hydrogen-bond donors (Lipinski definition) is 1. The number of aromatic amines is 1. The van der Waals surface area contributed by atoms with Gasteiger partial charge in [0, 0.05) is 0 Å². The molecule has 18 heavy (non-hydrogen) atoms. The molecular weight excluding hydrogens is 258 g/mol. The molecule has 98 valence electrons. The van der Waals surface area contributed by atoms with E-state index in [4.69, 9.17) is 20.9 Å². The average molecular weight is 273 g/mol. The second-order valence-electron chi connectivity index (χ2n) is 3.95. The van der Waals surface area contributed by atoms with Crippen molar-refractivity contribution in [3.05, 3.63) is 5.56 Å². The SMILES string of the molecule is CC[n+]1nc(-c2onc(OC(C)C)c2CCl)n[nH]1. The van der Waals surface area contributed by atoms with E-state index in [0.29, 0.717) is 29.6 Å². The third-order valence-electron chi connectivity index (χ3n) is 2.22. The lowest BCUT2D eigenvalue weighted by molar-refractivity contribution is -0.802. The number of tetrazole rings is 1. The van der Waals surface area contributed by atoms with Gasteiger partial charge in [0.15, 0.2) is 0 Å². The lowest BCUT2D eigenvalue weighted by Gasteiger charge is -2.05. The van der Waals surface area contributed by atoms with Crippen molar-refractivity contribution in [3.8, 4) is 17.5 Å². The number of nitrogens with one attached hydrogen (secondary N) is 1. The second kappa shape index (κ2) is 5.34. The van der Waals surface area contributed by atoms with Gasteiger partial charge in [-0.05, 0) is 36.2 Å². The Morgan fingerprint density at radius 2 is 2.28 bits per heavy atom. The third-order valence-corrected chi connectivity index (χ3v) is 2.49. The van der Waals surface area contributed by atoms with Gasteiger partial charge in [-0.15, -0.1) is 11.6 Å². The summed E-state index contributed by atoms with van der Waals surface area (Å²) in [7, 11) is 0. The molecule has 2 rings (SSSR count). The highest BCUT2D eigenvalue weighted by molar-refractivity contribution is 6.17. The Hall–Kier alpha value is -1.63. The van der Waals surface area contributed by atoms with E-state index in [9.17, 15) is 0 Å². The maximum atomic E-state index is 5.90. The molecule has 1 N–H and O–H groups in total. The first-order chi connectivity index (χ1) is 8.65. The summed E-state index contributed by atoms with van der Waals surface area (Å²) in [5.74, 6) is 1.47. The van der Waals surface area contributed by atoms with E-state index in [-0.39, 0.29) is 12.0 Å². The zero-order valence-electron chi connectivity index (χ0n) is 10.5. The maximum Gasteiger partial charge on any atom is 0.376 e. The van der Waals surface area contributed by atoms with Crippen molar-refractivity contribution in [2.24, 2.45) is 0 Å². The van der Waals surface area contributed by atoms with Crippen LogP contribution >= 0.6 is 11.6 Å². The van der Waals surface area contributed by atoms with E-state index < -0.39 is 0 Å². The van der Waals surface area contributed by atoms with Crippen LogP contribution in [0.3, 0.4) is 0 Å². The molecule has 0 saturated heterocycles. The van der Waals surface area contributed by atoms with Crippen molar-refractivity contribution in [2.45, 2.75) is 39.3 Å². The molecule has 0 aliphatic rings. The zero-order valence-corrected chi connectivity index (χ0v) is 11.2. The lowest BCUT2D eigenvalue weighted by Crippen LogP contribution is -2.37. The van der Waals surface area contributed by atoms with Gasteiger partial charge in [0.1, 0.15) is 6.54 Å². The first-order valence-electron chi connectivity index (χ1n) is 5.69. The van der Waals surface area contributed by atoms with E-state index in [1.54, 1.807) is 4.80 Å². The zero-order chi connectivity index (χ0) is 13.1. The Kier molecular flexibility index (Phi) is 3.81. The van der Waals surface area contributed by atoms with Gasteiger partial charge in [0.05, 0.1) is 22.6 Å². The van der Waals surface area contributed by atoms with E-state index in [0.717, 1.165) is 0 Å². The van der Waals surface area contributed by atoms with Crippen LogP contribution in [0, 0.1) is 0 Å². The average Bonchev–Trinajstić information content (AvgIpc) is 2.93. The van der Waals surface area contributed by atoms with Crippen molar-refractivity contribution < 1.29 is 14.1 Å². The van der Waals surface area contributed by atoms with Gasteiger partial charge in [0.2, 0.25) is 5.76 Å². The fourth-order valence-corrected chi connectivity index (χ4v) is 1.64. The van der Waals surface area contributed by atoms with Crippen molar-refractivity contribution in [2.75, 3.05) is 0 Å². The number of hydrogen-bond acceptors (Lipinski definition) is 5. The minimum absolute atomic E-state index is 0.00219. The summed E-state index contributed by atoms with van der Waals surface area (Å²) in [5.41, 5.74) is 0.660. The summed E-state index contributed by atoms with van der Waals surface area (Å²) in [6.07, 6.45) is -0.00219. The summed E-state index contributed by atoms with van der Waals surface area (Å²) in [5, 5.41) is 14.8. The van der Waals surface area contributed by atoms with Gasteiger partial charge in [-0.2, -0.15) is 0 Å². The fraction of sp³-hybridized carbons (Fsp3) is 0.600. The molecule has 8 heteroatoms. The number of rotatable bonds is 5. The predicted octanol–water partition coefficient (Wildman–Crippen LogP) is 1.29. The first kappa shape index (κ1) is 12.8. The molecule has 0 aliphatic heterocycles. The quantitative estimate of drug-likeness (QED) is 0.655. The van der Waals surface area contributed by atoms with Gasteiger partial charge in [-0.1, -0.05) is 4.80 Å². The minimum atomic E-state index is -0.00219. The molecule has 7 nitrogen and oxygen atoms in total. The molecule has 0 radical (unpaired) electrons. The molecule has 0 saturated carbocycles. The normalized spacial score (nSPS) is 11.2. The molecule has 0 spiro atoms. The molecular formula is C10H15ClN5O2+. The summed E-state index contributed by atoms with van der Waals surface area (Å²) >= 11 is 5.90. The largest absolute Gasteiger partial charge is 0.473 e. The molecule has 0 atom stereocenters. The highest BCUT2D eigenvalue weighted by Crippen LogP contribution is 2.29. The number of alkyl halides is 1. The Morgan fingerprint density at radius 3 is 2.83 bits per heavy atom. The molecule has 0 amide bonds. The monoisotopic (exact) mass is 272 g/mol. The van der Waals surface area contributed by atoms with E-state index in [1.807, 2.05) is 20.8 Å². The van der Waals surface area contributed by atoms with Crippen molar-refractivity contribution in [1.82, 2.24) is 20.6 Å². The van der Waals surface area contributed by atoms with Crippen LogP contribution in [0.2, 0.25) is 0 Å². The van der Waals surface area contributed by atoms with Gasteiger partial charge in [-0.25, -0.2) is 0 Å². The first-order valence-corrected chi connectivity index (χ1v) is 6.23. The van der Waals surface area contributed by atoms with E-state index >= 15 is 0 Å². The number of nitrogens with zero attached hydrogens (tertiary/aromatic N) is 4. The summed E-state index contributed by atoms with van der Waals surface area (Å²) in [4.78, 5) is 1.58. The number of H-pyrrole nitrogens is 1. The van der Waals surface area contributed by atoms with Crippen LogP contribution in [-0.2, 0) is 12.4 Å². The smallest absolute Gasteiger partial charge is 0.376 e. The number of aromatic nitrogens is 5. The topological polar surface area (TPSA) is 80.7 Å². The van der Waals surface area contributed by atoms with Gasteiger partial charge >= 0.3 is 5.82 Å². The molecule has 0 aliphatic carbocycles. The molecule has 0 aromatic carbocycles. The molecule has 2 heterocycles. The van der Waals surface area contributed by atoms with Crippen molar-refractivity contribution >= 4 is 11.6 Å². The fourth-order valence-electron chi connectivity index (χ4n) is 1.41. The summed E-state index contributed by atoms with van der Waals surface area (Å²) in [6, 6.07) is 0.